The van der Waals surface area contributed by atoms with E-state index in [1.54, 1.807) is 13.1 Å². The lowest BCUT2D eigenvalue weighted by molar-refractivity contribution is -0.142. The van der Waals surface area contributed by atoms with Gasteiger partial charge in [0, 0.05) is 6.20 Å². The minimum atomic E-state index is -0.228. The number of aryl methyl sites for hydroxylation is 1. The molecule has 0 radical (unpaired) electrons. The van der Waals surface area contributed by atoms with Crippen molar-refractivity contribution in [3.63, 3.8) is 0 Å². The lowest BCUT2D eigenvalue weighted by atomic mass is 10.1. The molecule has 0 atom stereocenters. The van der Waals surface area contributed by atoms with Crippen LogP contribution >= 0.6 is 0 Å². The van der Waals surface area contributed by atoms with E-state index < -0.39 is 0 Å². The topological polar surface area (TPSA) is 52.1 Å². The van der Waals surface area contributed by atoms with Crippen molar-refractivity contribution in [1.29, 1.82) is 0 Å². The molecule has 0 unspecified atom stereocenters. The second-order valence-electron chi connectivity index (χ2n) is 3.23. The number of hydrogen-bond donors (Lipinski definition) is 0. The van der Waals surface area contributed by atoms with Crippen LogP contribution < -0.4 is 0 Å². The molecule has 0 saturated heterocycles. The summed E-state index contributed by atoms with van der Waals surface area (Å²) in [5, 5.41) is 0. The number of ether oxygens (including phenoxy) is 1. The summed E-state index contributed by atoms with van der Waals surface area (Å²) in [5.41, 5.74) is 1.82. The first kappa shape index (κ1) is 11.6. The average molecular weight is 208 g/mol. The summed E-state index contributed by atoms with van der Waals surface area (Å²) in [5.74, 6) is -0.228. The van der Waals surface area contributed by atoms with Crippen molar-refractivity contribution in [1.82, 2.24) is 9.97 Å². The highest BCUT2D eigenvalue weighted by atomic mass is 16.5. The predicted octanol–water partition coefficient (Wildman–Crippen LogP) is 1.53. The van der Waals surface area contributed by atoms with Gasteiger partial charge >= 0.3 is 5.97 Å². The van der Waals surface area contributed by atoms with Crippen LogP contribution in [0.15, 0.2) is 12.5 Å². The molecule has 0 bridgehead atoms. The molecule has 0 aliphatic heterocycles. The van der Waals surface area contributed by atoms with Crippen molar-refractivity contribution in [2.75, 3.05) is 6.61 Å². The average Bonchev–Trinajstić information content (AvgIpc) is 2.21. The Bertz CT molecular complexity index is 326. The van der Waals surface area contributed by atoms with Crippen LogP contribution in [0.3, 0.4) is 0 Å². The molecule has 0 fully saturated rings. The molecule has 0 N–H and O–H groups in total. The van der Waals surface area contributed by atoms with Crippen molar-refractivity contribution in [2.45, 2.75) is 33.1 Å². The molecular formula is C11H16N2O2. The van der Waals surface area contributed by atoms with Gasteiger partial charge in [-0.25, -0.2) is 9.97 Å². The summed E-state index contributed by atoms with van der Waals surface area (Å²) in [6.07, 6.45) is 5.39. The van der Waals surface area contributed by atoms with Gasteiger partial charge in [-0.05, 0) is 18.9 Å². The predicted molar refractivity (Wildman–Crippen MR) is 56.4 cm³/mol. The van der Waals surface area contributed by atoms with Crippen molar-refractivity contribution in [3.8, 4) is 0 Å². The SMILES string of the molecule is CCCc1cncnc1CC(=O)OCC. The Balaban J connectivity index is 2.70. The number of aromatic nitrogens is 2. The first-order valence-corrected chi connectivity index (χ1v) is 5.21. The van der Waals surface area contributed by atoms with Gasteiger partial charge in [-0.15, -0.1) is 0 Å². The normalized spacial score (nSPS) is 10.0. The molecule has 1 aromatic rings. The first-order chi connectivity index (χ1) is 7.27. The quantitative estimate of drug-likeness (QED) is 0.689. The number of nitrogens with zero attached hydrogens (tertiary/aromatic N) is 2. The summed E-state index contributed by atoms with van der Waals surface area (Å²) in [7, 11) is 0. The Labute approximate surface area is 89.7 Å². The molecule has 0 saturated carbocycles. The number of hydrogen-bond acceptors (Lipinski definition) is 4. The fourth-order valence-corrected chi connectivity index (χ4v) is 1.37. The van der Waals surface area contributed by atoms with Gasteiger partial charge in [-0.1, -0.05) is 13.3 Å². The summed E-state index contributed by atoms with van der Waals surface area (Å²) in [4.78, 5) is 19.3. The number of carbonyl (C=O) groups is 1. The van der Waals surface area contributed by atoms with Crippen molar-refractivity contribution in [3.05, 3.63) is 23.8 Å². The number of esters is 1. The molecule has 0 aromatic carbocycles. The molecule has 0 spiro atoms. The van der Waals surface area contributed by atoms with E-state index >= 15 is 0 Å². The third-order valence-corrected chi connectivity index (χ3v) is 2.02. The van der Waals surface area contributed by atoms with Crippen LogP contribution in [-0.2, 0) is 22.4 Å². The van der Waals surface area contributed by atoms with Gasteiger partial charge in [0.2, 0.25) is 0 Å². The van der Waals surface area contributed by atoms with E-state index in [0.717, 1.165) is 24.1 Å². The van der Waals surface area contributed by atoms with Gasteiger partial charge in [-0.3, -0.25) is 4.79 Å². The smallest absolute Gasteiger partial charge is 0.311 e. The molecule has 4 heteroatoms. The van der Waals surface area contributed by atoms with Gasteiger partial charge in [-0.2, -0.15) is 0 Å². The Morgan fingerprint density at radius 2 is 2.27 bits per heavy atom. The maximum Gasteiger partial charge on any atom is 0.311 e. The fraction of sp³-hybridized carbons (Fsp3) is 0.545. The zero-order valence-electron chi connectivity index (χ0n) is 9.19. The first-order valence-electron chi connectivity index (χ1n) is 5.21. The van der Waals surface area contributed by atoms with Crippen LogP contribution in [-0.4, -0.2) is 22.5 Å². The molecule has 4 nitrogen and oxygen atoms in total. The van der Waals surface area contributed by atoms with Gasteiger partial charge in [0.25, 0.3) is 0 Å². The van der Waals surface area contributed by atoms with Crippen LogP contribution in [0.2, 0.25) is 0 Å². The second kappa shape index (κ2) is 6.11. The molecule has 0 aliphatic carbocycles. The van der Waals surface area contributed by atoms with E-state index in [2.05, 4.69) is 16.9 Å². The Morgan fingerprint density at radius 1 is 1.47 bits per heavy atom. The number of carbonyl (C=O) groups excluding carboxylic acids is 1. The fourth-order valence-electron chi connectivity index (χ4n) is 1.37. The third kappa shape index (κ3) is 3.65. The highest BCUT2D eigenvalue weighted by molar-refractivity contribution is 5.72. The minimum absolute atomic E-state index is 0.228. The lowest BCUT2D eigenvalue weighted by Gasteiger charge is -2.05. The molecule has 1 heterocycles. The van der Waals surface area contributed by atoms with Crippen LogP contribution in [0, 0.1) is 0 Å². The standard InChI is InChI=1S/C11H16N2O2/c1-3-5-9-7-12-8-13-10(9)6-11(14)15-4-2/h7-8H,3-6H2,1-2H3. The van der Waals surface area contributed by atoms with Gasteiger partial charge in [0.1, 0.15) is 6.33 Å². The Kier molecular flexibility index (Phi) is 4.74. The maximum absolute atomic E-state index is 11.3. The molecule has 1 aromatic heterocycles. The van der Waals surface area contributed by atoms with Crippen molar-refractivity contribution in [2.24, 2.45) is 0 Å². The number of rotatable bonds is 5. The van der Waals surface area contributed by atoms with E-state index in [0.29, 0.717) is 6.61 Å². The summed E-state index contributed by atoms with van der Waals surface area (Å²) >= 11 is 0. The van der Waals surface area contributed by atoms with Crippen LogP contribution in [0.1, 0.15) is 31.5 Å². The Morgan fingerprint density at radius 3 is 2.93 bits per heavy atom. The van der Waals surface area contributed by atoms with E-state index in [4.69, 9.17) is 4.74 Å². The largest absolute Gasteiger partial charge is 0.466 e. The third-order valence-electron chi connectivity index (χ3n) is 2.02. The van der Waals surface area contributed by atoms with Gasteiger partial charge in [0.05, 0.1) is 18.7 Å². The molecule has 0 aliphatic rings. The molecule has 0 amide bonds. The molecule has 82 valence electrons. The van der Waals surface area contributed by atoms with Crippen molar-refractivity contribution >= 4 is 5.97 Å². The van der Waals surface area contributed by atoms with E-state index in [1.165, 1.54) is 6.33 Å². The van der Waals surface area contributed by atoms with Crippen molar-refractivity contribution < 1.29 is 9.53 Å². The van der Waals surface area contributed by atoms with E-state index in [-0.39, 0.29) is 12.4 Å². The minimum Gasteiger partial charge on any atom is -0.466 e. The second-order valence-corrected chi connectivity index (χ2v) is 3.23. The zero-order valence-corrected chi connectivity index (χ0v) is 9.19. The summed E-state index contributed by atoms with van der Waals surface area (Å²) in [6.45, 7) is 4.29. The summed E-state index contributed by atoms with van der Waals surface area (Å²) < 4.78 is 4.88. The lowest BCUT2D eigenvalue weighted by Crippen LogP contribution is -2.11. The van der Waals surface area contributed by atoms with Crippen LogP contribution in [0.5, 0.6) is 0 Å². The Hall–Kier alpha value is -1.45. The highest BCUT2D eigenvalue weighted by Gasteiger charge is 2.09. The van der Waals surface area contributed by atoms with Crippen LogP contribution in [0.4, 0.5) is 0 Å². The summed E-state index contributed by atoms with van der Waals surface area (Å²) in [6, 6.07) is 0. The maximum atomic E-state index is 11.3. The monoisotopic (exact) mass is 208 g/mol. The van der Waals surface area contributed by atoms with E-state index in [9.17, 15) is 4.79 Å². The van der Waals surface area contributed by atoms with Gasteiger partial charge < -0.3 is 4.74 Å². The zero-order chi connectivity index (χ0) is 11.1. The molecule has 15 heavy (non-hydrogen) atoms. The molecular weight excluding hydrogens is 192 g/mol. The van der Waals surface area contributed by atoms with Gasteiger partial charge in [0.15, 0.2) is 0 Å². The van der Waals surface area contributed by atoms with Crippen LogP contribution in [0.25, 0.3) is 0 Å². The van der Waals surface area contributed by atoms with E-state index in [1.807, 2.05) is 0 Å². The molecule has 1 rings (SSSR count). The highest BCUT2D eigenvalue weighted by Crippen LogP contribution is 2.08.